The van der Waals surface area contributed by atoms with Gasteiger partial charge in [0, 0.05) is 30.5 Å². The Kier molecular flexibility index (Phi) is 4.09. The van der Waals surface area contributed by atoms with Crippen molar-refractivity contribution >= 4 is 11.3 Å². The zero-order valence-corrected chi connectivity index (χ0v) is 15.8. The van der Waals surface area contributed by atoms with Crippen LogP contribution in [0.4, 0.5) is 0 Å². The molecule has 2 fully saturated rings. The van der Waals surface area contributed by atoms with E-state index in [4.69, 9.17) is 4.74 Å². The van der Waals surface area contributed by atoms with E-state index < -0.39 is 0 Å². The van der Waals surface area contributed by atoms with Gasteiger partial charge in [0.1, 0.15) is 11.9 Å². The van der Waals surface area contributed by atoms with Crippen molar-refractivity contribution in [1.29, 1.82) is 0 Å². The Morgan fingerprint density at radius 3 is 2.70 bits per heavy atom. The molecule has 5 rings (SSSR count). The van der Waals surface area contributed by atoms with Gasteiger partial charge in [0.2, 0.25) is 0 Å². The number of piperidine rings is 1. The lowest BCUT2D eigenvalue weighted by atomic mass is 10.0. The van der Waals surface area contributed by atoms with Crippen LogP contribution in [0.1, 0.15) is 25.7 Å². The van der Waals surface area contributed by atoms with Crippen LogP contribution in [-0.4, -0.2) is 55.0 Å². The van der Waals surface area contributed by atoms with Crippen LogP contribution in [0.15, 0.2) is 36.9 Å². The third-order valence-electron chi connectivity index (χ3n) is 5.74. The maximum atomic E-state index is 10.4. The minimum Gasteiger partial charge on any atom is -0.507 e. The zero-order chi connectivity index (χ0) is 18.4. The van der Waals surface area contributed by atoms with E-state index in [0.29, 0.717) is 27.8 Å². The summed E-state index contributed by atoms with van der Waals surface area (Å²) in [4.78, 5) is 6.52. The molecule has 4 heterocycles. The van der Waals surface area contributed by atoms with E-state index in [0.717, 1.165) is 18.5 Å². The van der Waals surface area contributed by atoms with Gasteiger partial charge in [0.05, 0.1) is 17.6 Å². The molecule has 8 heteroatoms. The summed E-state index contributed by atoms with van der Waals surface area (Å²) in [6, 6.07) is 6.73. The van der Waals surface area contributed by atoms with E-state index in [1.807, 2.05) is 22.9 Å². The molecule has 140 valence electrons. The van der Waals surface area contributed by atoms with Crippen molar-refractivity contribution in [2.24, 2.45) is 0 Å². The van der Waals surface area contributed by atoms with Crippen LogP contribution in [0.2, 0.25) is 0 Å². The fourth-order valence-corrected chi connectivity index (χ4v) is 5.04. The molecule has 1 aromatic carbocycles. The SMILES string of the molecule is CN1C2CCC1CC(Oc1nnc(-c3ccc(-n4ccnc4)cc3O)s1)C2. The number of hydrogen-bond donors (Lipinski definition) is 1. The molecule has 2 aliphatic heterocycles. The van der Waals surface area contributed by atoms with Gasteiger partial charge in [-0.15, -0.1) is 5.10 Å². The lowest BCUT2D eigenvalue weighted by Gasteiger charge is -2.35. The Hall–Kier alpha value is -2.45. The van der Waals surface area contributed by atoms with Crippen LogP contribution >= 0.6 is 11.3 Å². The number of imidazole rings is 1. The van der Waals surface area contributed by atoms with E-state index in [2.05, 4.69) is 27.1 Å². The largest absolute Gasteiger partial charge is 0.507 e. The average molecular weight is 383 g/mol. The predicted molar refractivity (Wildman–Crippen MR) is 102 cm³/mol. The number of phenolic OH excluding ortho intramolecular Hbond substituents is 1. The molecule has 0 radical (unpaired) electrons. The molecular formula is C19H21N5O2S. The summed E-state index contributed by atoms with van der Waals surface area (Å²) in [6.07, 6.45) is 10.1. The van der Waals surface area contributed by atoms with Crippen molar-refractivity contribution in [2.45, 2.75) is 43.9 Å². The first kappa shape index (κ1) is 16.7. The van der Waals surface area contributed by atoms with E-state index in [9.17, 15) is 5.11 Å². The Morgan fingerprint density at radius 2 is 2.00 bits per heavy atom. The monoisotopic (exact) mass is 383 g/mol. The Morgan fingerprint density at radius 1 is 1.19 bits per heavy atom. The fourth-order valence-electron chi connectivity index (χ4n) is 4.24. The summed E-state index contributed by atoms with van der Waals surface area (Å²) in [5.74, 6) is 0.168. The molecule has 0 aliphatic carbocycles. The number of rotatable bonds is 4. The van der Waals surface area contributed by atoms with Gasteiger partial charge in [0.15, 0.2) is 5.01 Å². The number of benzene rings is 1. The first-order valence-corrected chi connectivity index (χ1v) is 10.0. The van der Waals surface area contributed by atoms with Gasteiger partial charge in [-0.25, -0.2) is 4.98 Å². The number of ether oxygens (including phenoxy) is 1. The van der Waals surface area contributed by atoms with Crippen LogP contribution in [0, 0.1) is 0 Å². The molecule has 2 bridgehead atoms. The molecule has 2 aliphatic rings. The first-order valence-electron chi connectivity index (χ1n) is 9.21. The predicted octanol–water partition coefficient (Wildman–Crippen LogP) is 3.10. The lowest BCUT2D eigenvalue weighted by Crippen LogP contribution is -2.43. The van der Waals surface area contributed by atoms with Gasteiger partial charge in [-0.3, -0.25) is 0 Å². The van der Waals surface area contributed by atoms with Crippen molar-refractivity contribution in [3.8, 4) is 27.2 Å². The molecule has 2 atom stereocenters. The number of hydrogen-bond acceptors (Lipinski definition) is 7. The smallest absolute Gasteiger partial charge is 0.294 e. The van der Waals surface area contributed by atoms with Crippen LogP contribution < -0.4 is 4.74 Å². The van der Waals surface area contributed by atoms with Crippen LogP contribution in [0.25, 0.3) is 16.3 Å². The summed E-state index contributed by atoms with van der Waals surface area (Å²) in [5.41, 5.74) is 1.51. The van der Waals surface area contributed by atoms with Gasteiger partial charge in [-0.2, -0.15) is 0 Å². The summed E-state index contributed by atoms with van der Waals surface area (Å²) in [7, 11) is 2.22. The highest BCUT2D eigenvalue weighted by Crippen LogP contribution is 2.38. The summed E-state index contributed by atoms with van der Waals surface area (Å²) >= 11 is 1.38. The molecular weight excluding hydrogens is 362 g/mol. The Labute approximate surface area is 161 Å². The van der Waals surface area contributed by atoms with Crippen LogP contribution in [-0.2, 0) is 0 Å². The second-order valence-corrected chi connectivity index (χ2v) is 8.25. The number of nitrogens with zero attached hydrogens (tertiary/aromatic N) is 5. The minimum atomic E-state index is 0.168. The summed E-state index contributed by atoms with van der Waals surface area (Å²) in [6.45, 7) is 0. The molecule has 1 N–H and O–H groups in total. The van der Waals surface area contributed by atoms with Crippen molar-refractivity contribution in [3.63, 3.8) is 0 Å². The molecule has 0 spiro atoms. The molecule has 2 saturated heterocycles. The third-order valence-corrected chi connectivity index (χ3v) is 6.59. The van der Waals surface area contributed by atoms with Gasteiger partial charge >= 0.3 is 0 Å². The molecule has 0 saturated carbocycles. The normalized spacial score (nSPS) is 25.0. The van der Waals surface area contributed by atoms with Crippen molar-refractivity contribution in [1.82, 2.24) is 24.6 Å². The molecule has 2 unspecified atom stereocenters. The second-order valence-electron chi connectivity index (χ2n) is 7.31. The van der Waals surface area contributed by atoms with Gasteiger partial charge in [-0.1, -0.05) is 16.4 Å². The standard InChI is InChI=1S/C19H21N5O2S/c1-23-12-2-3-13(23)9-15(8-12)26-19-22-21-18(27-19)16-5-4-14(10-17(16)25)24-7-6-20-11-24/h4-7,10-13,15,25H,2-3,8-9H2,1H3. The number of aromatic nitrogens is 4. The molecule has 0 amide bonds. The van der Waals surface area contributed by atoms with Gasteiger partial charge in [-0.05, 0) is 44.9 Å². The highest BCUT2D eigenvalue weighted by molar-refractivity contribution is 7.16. The molecule has 3 aromatic rings. The van der Waals surface area contributed by atoms with Gasteiger partial charge < -0.3 is 19.3 Å². The van der Waals surface area contributed by atoms with E-state index >= 15 is 0 Å². The number of phenols is 1. The van der Waals surface area contributed by atoms with E-state index in [-0.39, 0.29) is 11.9 Å². The van der Waals surface area contributed by atoms with E-state index in [1.165, 1.54) is 24.2 Å². The number of aromatic hydroxyl groups is 1. The zero-order valence-electron chi connectivity index (χ0n) is 15.0. The molecule has 2 aromatic heterocycles. The quantitative estimate of drug-likeness (QED) is 0.746. The molecule has 7 nitrogen and oxygen atoms in total. The second kappa shape index (κ2) is 6.61. The average Bonchev–Trinajstić information content (AvgIpc) is 3.37. The highest BCUT2D eigenvalue weighted by Gasteiger charge is 2.39. The summed E-state index contributed by atoms with van der Waals surface area (Å²) in [5, 5.41) is 20.1. The van der Waals surface area contributed by atoms with Crippen LogP contribution in [0.5, 0.6) is 10.9 Å². The topological polar surface area (TPSA) is 76.3 Å². The molecule has 27 heavy (non-hydrogen) atoms. The van der Waals surface area contributed by atoms with E-state index in [1.54, 1.807) is 18.6 Å². The van der Waals surface area contributed by atoms with Crippen molar-refractivity contribution < 1.29 is 9.84 Å². The van der Waals surface area contributed by atoms with Crippen molar-refractivity contribution in [3.05, 3.63) is 36.9 Å². The Bertz CT molecular complexity index is 927. The Balaban J connectivity index is 1.32. The maximum absolute atomic E-state index is 10.4. The van der Waals surface area contributed by atoms with Gasteiger partial charge in [0.25, 0.3) is 5.19 Å². The fraction of sp³-hybridized carbons (Fsp3) is 0.421. The van der Waals surface area contributed by atoms with Crippen LogP contribution in [0.3, 0.4) is 0 Å². The number of fused-ring (bicyclic) bond motifs is 2. The minimum absolute atomic E-state index is 0.168. The van der Waals surface area contributed by atoms with Crippen molar-refractivity contribution in [2.75, 3.05) is 7.05 Å². The third kappa shape index (κ3) is 3.08. The highest BCUT2D eigenvalue weighted by atomic mass is 32.1. The summed E-state index contributed by atoms with van der Waals surface area (Å²) < 4.78 is 7.97. The maximum Gasteiger partial charge on any atom is 0.294 e. The first-order chi connectivity index (χ1) is 13.2. The lowest BCUT2D eigenvalue weighted by molar-refractivity contribution is 0.0655.